The standard InChI is InChI=1S/C14H22N4O2/c1-2-5-17-9-11(15)7-12(17)14(20)18-6-3-4-10(8-18)13(16)19/h7,9-10H,2-6,8,15H2,1H3,(H2,16,19). The minimum atomic E-state index is -0.328. The highest BCUT2D eigenvalue weighted by molar-refractivity contribution is 5.94. The summed E-state index contributed by atoms with van der Waals surface area (Å²) < 4.78 is 1.88. The second kappa shape index (κ2) is 5.98. The van der Waals surface area contributed by atoms with Crippen LogP contribution in [0.5, 0.6) is 0 Å². The zero-order chi connectivity index (χ0) is 14.7. The van der Waals surface area contributed by atoms with E-state index < -0.39 is 0 Å². The Kier molecular flexibility index (Phi) is 4.32. The molecule has 0 radical (unpaired) electrons. The number of carbonyl (C=O) groups excluding carboxylic acids is 2. The monoisotopic (exact) mass is 278 g/mol. The van der Waals surface area contributed by atoms with Gasteiger partial charge in [0.25, 0.3) is 5.91 Å². The normalized spacial score (nSPS) is 19.1. The average molecular weight is 278 g/mol. The van der Waals surface area contributed by atoms with E-state index in [0.29, 0.717) is 24.5 Å². The van der Waals surface area contributed by atoms with Gasteiger partial charge in [-0.25, -0.2) is 0 Å². The van der Waals surface area contributed by atoms with E-state index in [1.165, 1.54) is 0 Å². The van der Waals surface area contributed by atoms with Crippen molar-refractivity contribution in [3.05, 3.63) is 18.0 Å². The van der Waals surface area contributed by atoms with Crippen LogP contribution in [0.1, 0.15) is 36.7 Å². The van der Waals surface area contributed by atoms with Crippen LogP contribution in [0.15, 0.2) is 12.3 Å². The lowest BCUT2D eigenvalue weighted by molar-refractivity contribution is -0.123. The van der Waals surface area contributed by atoms with E-state index >= 15 is 0 Å². The predicted octanol–water partition coefficient (Wildman–Crippen LogP) is 0.818. The van der Waals surface area contributed by atoms with Gasteiger partial charge >= 0.3 is 0 Å². The van der Waals surface area contributed by atoms with Crippen LogP contribution in [-0.4, -0.2) is 34.4 Å². The zero-order valence-electron chi connectivity index (χ0n) is 11.8. The molecule has 1 saturated heterocycles. The molecule has 4 N–H and O–H groups in total. The molecular formula is C14H22N4O2. The van der Waals surface area contributed by atoms with Gasteiger partial charge in [0.2, 0.25) is 5.91 Å². The molecule has 1 aliphatic rings. The van der Waals surface area contributed by atoms with E-state index in [-0.39, 0.29) is 17.7 Å². The fraction of sp³-hybridized carbons (Fsp3) is 0.571. The fourth-order valence-corrected chi connectivity index (χ4v) is 2.69. The van der Waals surface area contributed by atoms with Crippen molar-refractivity contribution in [2.75, 3.05) is 18.8 Å². The summed E-state index contributed by atoms with van der Waals surface area (Å²) in [4.78, 5) is 25.6. The lowest BCUT2D eigenvalue weighted by Gasteiger charge is -2.31. The van der Waals surface area contributed by atoms with Gasteiger partial charge in [-0.15, -0.1) is 0 Å². The maximum absolute atomic E-state index is 12.6. The van der Waals surface area contributed by atoms with Crippen molar-refractivity contribution in [2.45, 2.75) is 32.7 Å². The number of anilines is 1. The van der Waals surface area contributed by atoms with Crippen molar-refractivity contribution in [1.29, 1.82) is 0 Å². The van der Waals surface area contributed by atoms with Crippen LogP contribution < -0.4 is 11.5 Å². The molecule has 1 unspecified atom stereocenters. The molecule has 0 saturated carbocycles. The Morgan fingerprint density at radius 2 is 2.20 bits per heavy atom. The Morgan fingerprint density at radius 1 is 1.45 bits per heavy atom. The van der Waals surface area contributed by atoms with Gasteiger partial charge in [0.15, 0.2) is 0 Å². The van der Waals surface area contributed by atoms with Crippen LogP contribution in [0.2, 0.25) is 0 Å². The van der Waals surface area contributed by atoms with Crippen molar-refractivity contribution in [1.82, 2.24) is 9.47 Å². The van der Waals surface area contributed by atoms with Gasteiger partial charge in [-0.2, -0.15) is 0 Å². The number of nitrogens with two attached hydrogens (primary N) is 2. The number of carbonyl (C=O) groups is 2. The number of hydrogen-bond donors (Lipinski definition) is 2. The summed E-state index contributed by atoms with van der Waals surface area (Å²) in [6.45, 7) is 3.88. The molecule has 1 aliphatic heterocycles. The Labute approximate surface area is 118 Å². The summed E-state index contributed by atoms with van der Waals surface area (Å²) in [6.07, 6.45) is 4.28. The second-order valence-electron chi connectivity index (χ2n) is 5.34. The minimum Gasteiger partial charge on any atom is -0.397 e. The van der Waals surface area contributed by atoms with Crippen molar-refractivity contribution in [2.24, 2.45) is 11.7 Å². The number of rotatable bonds is 4. The van der Waals surface area contributed by atoms with E-state index in [0.717, 1.165) is 25.8 Å². The van der Waals surface area contributed by atoms with Crippen LogP contribution in [0.25, 0.3) is 0 Å². The molecule has 2 rings (SSSR count). The van der Waals surface area contributed by atoms with Gasteiger partial charge in [0.1, 0.15) is 5.69 Å². The first-order chi connectivity index (χ1) is 9.52. The molecule has 6 nitrogen and oxygen atoms in total. The molecule has 2 heterocycles. The third-order valence-corrected chi connectivity index (χ3v) is 3.71. The lowest BCUT2D eigenvalue weighted by Crippen LogP contribution is -2.44. The highest BCUT2D eigenvalue weighted by atomic mass is 16.2. The number of nitrogens with zero attached hydrogens (tertiary/aromatic N) is 2. The van der Waals surface area contributed by atoms with Gasteiger partial charge in [0, 0.05) is 25.8 Å². The van der Waals surface area contributed by atoms with E-state index in [4.69, 9.17) is 11.5 Å². The van der Waals surface area contributed by atoms with Crippen LogP contribution >= 0.6 is 0 Å². The van der Waals surface area contributed by atoms with Crippen molar-refractivity contribution < 1.29 is 9.59 Å². The summed E-state index contributed by atoms with van der Waals surface area (Å²) >= 11 is 0. The molecule has 0 aliphatic carbocycles. The molecule has 6 heteroatoms. The van der Waals surface area contributed by atoms with Gasteiger partial charge in [-0.05, 0) is 25.3 Å². The SMILES string of the molecule is CCCn1cc(N)cc1C(=O)N1CCCC(C(N)=O)C1. The van der Waals surface area contributed by atoms with Crippen molar-refractivity contribution in [3.63, 3.8) is 0 Å². The third-order valence-electron chi connectivity index (χ3n) is 3.71. The molecule has 1 atom stereocenters. The van der Waals surface area contributed by atoms with Crippen LogP contribution in [-0.2, 0) is 11.3 Å². The topological polar surface area (TPSA) is 94.3 Å². The maximum Gasteiger partial charge on any atom is 0.270 e. The summed E-state index contributed by atoms with van der Waals surface area (Å²) in [6, 6.07) is 1.70. The minimum absolute atomic E-state index is 0.0684. The first kappa shape index (κ1) is 14.4. The number of likely N-dealkylation sites (tertiary alicyclic amines) is 1. The summed E-state index contributed by atoms with van der Waals surface area (Å²) in [5.74, 6) is -0.633. The molecule has 110 valence electrons. The predicted molar refractivity (Wildman–Crippen MR) is 77.0 cm³/mol. The molecule has 1 aromatic heterocycles. The summed E-state index contributed by atoms with van der Waals surface area (Å²) in [7, 11) is 0. The quantitative estimate of drug-likeness (QED) is 0.853. The fourth-order valence-electron chi connectivity index (χ4n) is 2.69. The van der Waals surface area contributed by atoms with E-state index in [1.807, 2.05) is 4.57 Å². The molecule has 1 aromatic rings. The molecule has 2 amide bonds. The smallest absolute Gasteiger partial charge is 0.270 e. The number of aromatic nitrogens is 1. The van der Waals surface area contributed by atoms with Crippen molar-refractivity contribution in [3.8, 4) is 0 Å². The number of hydrogen-bond acceptors (Lipinski definition) is 3. The summed E-state index contributed by atoms with van der Waals surface area (Å²) in [5, 5.41) is 0. The van der Waals surface area contributed by atoms with Crippen molar-refractivity contribution >= 4 is 17.5 Å². The number of primary amides is 1. The molecule has 0 spiro atoms. The first-order valence-electron chi connectivity index (χ1n) is 7.07. The maximum atomic E-state index is 12.6. The van der Waals surface area contributed by atoms with Gasteiger partial charge < -0.3 is 20.9 Å². The van der Waals surface area contributed by atoms with Gasteiger partial charge in [-0.1, -0.05) is 6.92 Å². The Bertz CT molecular complexity index is 509. The molecular weight excluding hydrogens is 256 g/mol. The lowest BCUT2D eigenvalue weighted by atomic mass is 9.97. The van der Waals surface area contributed by atoms with E-state index in [9.17, 15) is 9.59 Å². The zero-order valence-corrected chi connectivity index (χ0v) is 11.8. The Hall–Kier alpha value is -1.98. The number of nitrogen functional groups attached to an aromatic ring is 1. The second-order valence-corrected chi connectivity index (χ2v) is 5.34. The van der Waals surface area contributed by atoms with Crippen LogP contribution in [0, 0.1) is 5.92 Å². The van der Waals surface area contributed by atoms with Gasteiger partial charge in [-0.3, -0.25) is 9.59 Å². The van der Waals surface area contributed by atoms with Gasteiger partial charge in [0.05, 0.1) is 11.6 Å². The highest BCUT2D eigenvalue weighted by Gasteiger charge is 2.28. The molecule has 1 fully saturated rings. The number of amides is 2. The van der Waals surface area contributed by atoms with Crippen LogP contribution in [0.3, 0.4) is 0 Å². The van der Waals surface area contributed by atoms with E-state index in [1.54, 1.807) is 17.2 Å². The number of aryl methyl sites for hydroxylation is 1. The first-order valence-corrected chi connectivity index (χ1v) is 7.07. The Balaban J connectivity index is 2.16. The largest absolute Gasteiger partial charge is 0.397 e. The molecule has 0 aromatic carbocycles. The number of piperidine rings is 1. The summed E-state index contributed by atoms with van der Waals surface area (Å²) in [5.41, 5.74) is 12.3. The highest BCUT2D eigenvalue weighted by Crippen LogP contribution is 2.20. The molecule has 20 heavy (non-hydrogen) atoms. The third kappa shape index (κ3) is 2.95. The average Bonchev–Trinajstić information content (AvgIpc) is 2.79. The van der Waals surface area contributed by atoms with E-state index in [2.05, 4.69) is 6.92 Å². The molecule has 0 bridgehead atoms. The van der Waals surface area contributed by atoms with Crippen LogP contribution in [0.4, 0.5) is 5.69 Å². The Morgan fingerprint density at radius 3 is 2.85 bits per heavy atom.